The van der Waals surface area contributed by atoms with Crippen molar-refractivity contribution in [1.29, 1.82) is 0 Å². The number of anilines is 1. The van der Waals surface area contributed by atoms with E-state index in [0.29, 0.717) is 11.3 Å². The molecule has 20 heavy (non-hydrogen) atoms. The summed E-state index contributed by atoms with van der Waals surface area (Å²) < 4.78 is 28.0. The molecule has 2 N–H and O–H groups in total. The van der Waals surface area contributed by atoms with Gasteiger partial charge in [0.15, 0.2) is 5.03 Å². The van der Waals surface area contributed by atoms with Crippen molar-refractivity contribution in [2.75, 3.05) is 4.72 Å². The molecule has 0 atom stereocenters. The molecule has 0 amide bonds. The zero-order valence-electron chi connectivity index (χ0n) is 10.6. The maximum Gasteiger partial charge on any atom is 0.307 e. The van der Waals surface area contributed by atoms with Crippen molar-refractivity contribution in [3.63, 3.8) is 0 Å². The minimum absolute atomic E-state index is 0.0939. The van der Waals surface area contributed by atoms with Crippen LogP contribution >= 0.6 is 0 Å². The third-order valence-electron chi connectivity index (χ3n) is 2.49. The minimum atomic E-state index is -3.77. The molecule has 1 heterocycles. The van der Waals surface area contributed by atoms with Crippen LogP contribution in [0.2, 0.25) is 0 Å². The van der Waals surface area contributed by atoms with Gasteiger partial charge in [-0.05, 0) is 17.7 Å². The van der Waals surface area contributed by atoms with Gasteiger partial charge >= 0.3 is 5.97 Å². The van der Waals surface area contributed by atoms with Crippen LogP contribution in [0.25, 0.3) is 0 Å². The second-order valence-electron chi connectivity index (χ2n) is 4.25. The predicted molar refractivity (Wildman–Crippen MR) is 71.8 cm³/mol. The van der Waals surface area contributed by atoms with Gasteiger partial charge in [0.05, 0.1) is 12.7 Å². The van der Waals surface area contributed by atoms with E-state index in [9.17, 15) is 13.2 Å². The molecule has 0 bridgehead atoms. The van der Waals surface area contributed by atoms with Crippen molar-refractivity contribution in [1.82, 2.24) is 9.55 Å². The van der Waals surface area contributed by atoms with E-state index in [4.69, 9.17) is 5.11 Å². The van der Waals surface area contributed by atoms with Gasteiger partial charge in [0, 0.05) is 18.9 Å². The van der Waals surface area contributed by atoms with Crippen LogP contribution < -0.4 is 4.72 Å². The number of benzene rings is 1. The molecule has 2 rings (SSSR count). The molecule has 0 saturated carbocycles. The van der Waals surface area contributed by atoms with Crippen molar-refractivity contribution < 1.29 is 18.3 Å². The quantitative estimate of drug-likeness (QED) is 0.851. The summed E-state index contributed by atoms with van der Waals surface area (Å²) in [5, 5.41) is 8.63. The number of carboxylic acid groups (broad SMARTS) is 1. The number of carboxylic acids is 1. The minimum Gasteiger partial charge on any atom is -0.481 e. The largest absolute Gasteiger partial charge is 0.481 e. The van der Waals surface area contributed by atoms with E-state index < -0.39 is 16.0 Å². The van der Waals surface area contributed by atoms with E-state index >= 15 is 0 Å². The van der Waals surface area contributed by atoms with Gasteiger partial charge in [0.2, 0.25) is 0 Å². The summed E-state index contributed by atoms with van der Waals surface area (Å²) in [6.45, 7) is 0. The number of nitrogens with one attached hydrogen (secondary N) is 1. The second kappa shape index (κ2) is 5.33. The van der Waals surface area contributed by atoms with Gasteiger partial charge in [-0.25, -0.2) is 4.98 Å². The Kier molecular flexibility index (Phi) is 3.75. The summed E-state index contributed by atoms with van der Waals surface area (Å²) >= 11 is 0. The van der Waals surface area contributed by atoms with Gasteiger partial charge in [-0.3, -0.25) is 9.52 Å². The Morgan fingerprint density at radius 3 is 2.80 bits per heavy atom. The Morgan fingerprint density at radius 2 is 2.20 bits per heavy atom. The first-order chi connectivity index (χ1) is 9.37. The Morgan fingerprint density at radius 1 is 1.45 bits per heavy atom. The second-order valence-corrected chi connectivity index (χ2v) is 5.88. The van der Waals surface area contributed by atoms with Crippen LogP contribution in [0, 0.1) is 0 Å². The molecule has 2 aromatic rings. The molecule has 0 unspecified atom stereocenters. The highest BCUT2D eigenvalue weighted by Crippen LogP contribution is 2.16. The summed E-state index contributed by atoms with van der Waals surface area (Å²) in [6.07, 6.45) is 2.60. The van der Waals surface area contributed by atoms with Gasteiger partial charge in [0.1, 0.15) is 0 Å². The molecule has 106 valence electrons. The fourth-order valence-electron chi connectivity index (χ4n) is 1.65. The highest BCUT2D eigenvalue weighted by molar-refractivity contribution is 7.92. The number of hydrogen-bond acceptors (Lipinski definition) is 4. The molecule has 0 aliphatic rings. The fourth-order valence-corrected chi connectivity index (χ4v) is 2.69. The van der Waals surface area contributed by atoms with E-state index in [-0.39, 0.29) is 11.4 Å². The van der Waals surface area contributed by atoms with Gasteiger partial charge in [-0.2, -0.15) is 8.42 Å². The third kappa shape index (κ3) is 3.35. The molecule has 0 aliphatic heterocycles. The zero-order chi connectivity index (χ0) is 14.8. The summed E-state index contributed by atoms with van der Waals surface area (Å²) in [7, 11) is -2.10. The number of hydrogen-bond donors (Lipinski definition) is 2. The van der Waals surface area contributed by atoms with Crippen molar-refractivity contribution in [3.8, 4) is 0 Å². The standard InChI is InChI=1S/C12H13N3O4S/c1-15-7-11(13-8-15)20(18,19)14-10-4-2-3-9(5-10)6-12(16)17/h2-5,7-8,14H,6H2,1H3,(H,16,17). The predicted octanol–water partition coefficient (Wildman–Crippen LogP) is 0.848. The van der Waals surface area contributed by atoms with Crippen LogP contribution in [0.15, 0.2) is 41.8 Å². The van der Waals surface area contributed by atoms with Crippen LogP contribution in [0.1, 0.15) is 5.56 Å². The monoisotopic (exact) mass is 295 g/mol. The SMILES string of the molecule is Cn1cnc(S(=O)(=O)Nc2cccc(CC(=O)O)c2)c1. The van der Waals surface area contributed by atoms with E-state index in [2.05, 4.69) is 9.71 Å². The normalized spacial score (nSPS) is 11.2. The van der Waals surface area contributed by atoms with Gasteiger partial charge in [-0.1, -0.05) is 12.1 Å². The molecule has 1 aromatic carbocycles. The lowest BCUT2D eigenvalue weighted by Gasteiger charge is -2.07. The van der Waals surface area contributed by atoms with E-state index in [1.165, 1.54) is 23.2 Å². The lowest BCUT2D eigenvalue weighted by Crippen LogP contribution is -2.13. The lowest BCUT2D eigenvalue weighted by molar-refractivity contribution is -0.136. The summed E-state index contributed by atoms with van der Waals surface area (Å²) in [5.74, 6) is -0.977. The summed E-state index contributed by atoms with van der Waals surface area (Å²) in [4.78, 5) is 14.4. The Bertz CT molecular complexity index is 737. The number of aryl methyl sites for hydroxylation is 1. The Balaban J connectivity index is 2.23. The average molecular weight is 295 g/mol. The fraction of sp³-hybridized carbons (Fsp3) is 0.167. The van der Waals surface area contributed by atoms with Gasteiger partial charge in [0.25, 0.3) is 10.0 Å². The van der Waals surface area contributed by atoms with Crippen LogP contribution in [0.5, 0.6) is 0 Å². The van der Waals surface area contributed by atoms with Crippen molar-refractivity contribution in [2.45, 2.75) is 11.4 Å². The molecule has 0 radical (unpaired) electrons. The van der Waals surface area contributed by atoms with Crippen molar-refractivity contribution >= 4 is 21.7 Å². The van der Waals surface area contributed by atoms with Crippen LogP contribution in [0.4, 0.5) is 5.69 Å². The lowest BCUT2D eigenvalue weighted by atomic mass is 10.1. The zero-order valence-corrected chi connectivity index (χ0v) is 11.5. The first-order valence-corrected chi connectivity index (χ1v) is 7.17. The molecule has 0 saturated heterocycles. The van der Waals surface area contributed by atoms with Crippen LogP contribution in [-0.2, 0) is 28.3 Å². The third-order valence-corrected chi connectivity index (χ3v) is 3.76. The van der Waals surface area contributed by atoms with E-state index in [0.717, 1.165) is 0 Å². The maximum absolute atomic E-state index is 12.0. The number of rotatable bonds is 5. The summed E-state index contributed by atoms with van der Waals surface area (Å²) in [6, 6.07) is 6.24. The highest BCUT2D eigenvalue weighted by atomic mass is 32.2. The summed E-state index contributed by atoms with van der Waals surface area (Å²) in [5.41, 5.74) is 0.813. The molecule has 0 aliphatic carbocycles. The molecule has 0 fully saturated rings. The van der Waals surface area contributed by atoms with Crippen molar-refractivity contribution in [3.05, 3.63) is 42.4 Å². The number of nitrogens with zero attached hydrogens (tertiary/aromatic N) is 2. The highest BCUT2D eigenvalue weighted by Gasteiger charge is 2.17. The molecule has 1 aromatic heterocycles. The van der Waals surface area contributed by atoms with E-state index in [1.807, 2.05) is 0 Å². The molecule has 0 spiro atoms. The van der Waals surface area contributed by atoms with E-state index in [1.54, 1.807) is 25.2 Å². The number of imidazole rings is 1. The maximum atomic E-state index is 12.0. The van der Waals surface area contributed by atoms with Gasteiger partial charge < -0.3 is 9.67 Å². The van der Waals surface area contributed by atoms with Crippen LogP contribution in [-0.4, -0.2) is 29.0 Å². The molecular formula is C12H13N3O4S. The smallest absolute Gasteiger partial charge is 0.307 e. The number of carbonyl (C=O) groups is 1. The first-order valence-electron chi connectivity index (χ1n) is 5.68. The average Bonchev–Trinajstić information content (AvgIpc) is 2.75. The molecule has 7 nitrogen and oxygen atoms in total. The van der Waals surface area contributed by atoms with Crippen molar-refractivity contribution in [2.24, 2.45) is 7.05 Å². The Hall–Kier alpha value is -2.35. The number of aromatic nitrogens is 2. The first kappa shape index (κ1) is 14.1. The number of sulfonamides is 1. The topological polar surface area (TPSA) is 101 Å². The number of aliphatic carboxylic acids is 1. The molecule has 8 heteroatoms. The van der Waals surface area contributed by atoms with Crippen LogP contribution in [0.3, 0.4) is 0 Å². The Labute approximate surface area is 115 Å². The van der Waals surface area contributed by atoms with Gasteiger partial charge in [-0.15, -0.1) is 0 Å². The molecular weight excluding hydrogens is 282 g/mol.